The van der Waals surface area contributed by atoms with Crippen LogP contribution in [0.5, 0.6) is 0 Å². The Morgan fingerprint density at radius 2 is 1.87 bits per heavy atom. The van der Waals surface area contributed by atoms with Gasteiger partial charge in [0.15, 0.2) is 0 Å². The van der Waals surface area contributed by atoms with E-state index in [9.17, 15) is 32.3 Å². The number of halogens is 4. The standard InChI is InChI=1S/C14H14F4N2O3/c1-7(21)9-10(8-5-3-2-4-6-8)19-12(22)20-14(9,23)13(17,18)11(15)16/h2-6,9-11,23H,1H3,(H2,19,20,22). The second-order valence-corrected chi connectivity index (χ2v) is 5.27. The number of amides is 2. The van der Waals surface area contributed by atoms with Crippen LogP contribution >= 0.6 is 0 Å². The molecule has 0 aromatic heterocycles. The van der Waals surface area contributed by atoms with E-state index in [1.165, 1.54) is 29.6 Å². The smallest absolute Gasteiger partial charge is 0.354 e. The number of benzene rings is 1. The van der Waals surface area contributed by atoms with Gasteiger partial charge < -0.3 is 15.7 Å². The van der Waals surface area contributed by atoms with Gasteiger partial charge in [-0.15, -0.1) is 0 Å². The molecule has 0 saturated carbocycles. The van der Waals surface area contributed by atoms with Crippen LogP contribution in [0.25, 0.3) is 0 Å². The lowest BCUT2D eigenvalue weighted by atomic mass is 9.77. The number of hydrogen-bond acceptors (Lipinski definition) is 3. The van der Waals surface area contributed by atoms with Crippen molar-refractivity contribution in [3.8, 4) is 0 Å². The summed E-state index contributed by atoms with van der Waals surface area (Å²) in [5, 5.41) is 13.8. The number of rotatable bonds is 4. The summed E-state index contributed by atoms with van der Waals surface area (Å²) < 4.78 is 53.3. The van der Waals surface area contributed by atoms with E-state index in [0.29, 0.717) is 0 Å². The molecule has 2 rings (SSSR count). The second kappa shape index (κ2) is 5.80. The molecule has 0 radical (unpaired) electrons. The highest BCUT2D eigenvalue weighted by molar-refractivity contribution is 5.86. The molecule has 0 aliphatic carbocycles. The van der Waals surface area contributed by atoms with Gasteiger partial charge in [0.25, 0.3) is 0 Å². The molecule has 9 heteroatoms. The number of urea groups is 1. The number of nitrogens with one attached hydrogen (secondary N) is 2. The summed E-state index contributed by atoms with van der Waals surface area (Å²) in [6.45, 7) is 0.881. The van der Waals surface area contributed by atoms with Crippen molar-refractivity contribution in [1.82, 2.24) is 10.6 Å². The Balaban J connectivity index is 2.58. The zero-order valence-corrected chi connectivity index (χ0v) is 11.9. The lowest BCUT2D eigenvalue weighted by Crippen LogP contribution is -2.75. The lowest BCUT2D eigenvalue weighted by Gasteiger charge is -2.47. The first-order valence-electron chi connectivity index (χ1n) is 6.63. The maximum absolute atomic E-state index is 13.9. The number of aliphatic hydroxyl groups is 1. The van der Waals surface area contributed by atoms with Gasteiger partial charge in [0.1, 0.15) is 5.78 Å². The van der Waals surface area contributed by atoms with Crippen molar-refractivity contribution >= 4 is 11.8 Å². The van der Waals surface area contributed by atoms with Crippen molar-refractivity contribution < 1.29 is 32.3 Å². The Morgan fingerprint density at radius 1 is 1.30 bits per heavy atom. The third-order valence-corrected chi connectivity index (χ3v) is 3.75. The molecule has 0 spiro atoms. The molecule has 1 saturated heterocycles. The fourth-order valence-electron chi connectivity index (χ4n) is 2.67. The minimum atomic E-state index is -5.02. The van der Waals surface area contributed by atoms with Crippen LogP contribution in [0.1, 0.15) is 18.5 Å². The minimum Gasteiger partial charge on any atom is -0.365 e. The molecule has 126 valence electrons. The maximum Gasteiger partial charge on any atom is 0.354 e. The summed E-state index contributed by atoms with van der Waals surface area (Å²) in [5.74, 6) is -8.01. The molecule has 1 fully saturated rings. The van der Waals surface area contributed by atoms with Crippen molar-refractivity contribution in [1.29, 1.82) is 0 Å². The summed E-state index contributed by atoms with van der Waals surface area (Å²) in [4.78, 5) is 23.5. The van der Waals surface area contributed by atoms with Crippen LogP contribution in [0.3, 0.4) is 0 Å². The predicted octanol–water partition coefficient (Wildman–Crippen LogP) is 1.83. The molecular formula is C14H14F4N2O3. The average Bonchev–Trinajstić information content (AvgIpc) is 2.46. The average molecular weight is 334 g/mol. The maximum atomic E-state index is 13.9. The quantitative estimate of drug-likeness (QED) is 0.735. The summed E-state index contributed by atoms with van der Waals surface area (Å²) in [6, 6.07) is 4.84. The summed E-state index contributed by atoms with van der Waals surface area (Å²) >= 11 is 0. The first kappa shape index (κ1) is 17.2. The summed E-state index contributed by atoms with van der Waals surface area (Å²) in [6.07, 6.45) is -4.27. The molecule has 3 unspecified atom stereocenters. The Kier molecular flexibility index (Phi) is 4.34. The van der Waals surface area contributed by atoms with E-state index >= 15 is 0 Å². The molecule has 0 bridgehead atoms. The third kappa shape index (κ3) is 2.76. The molecule has 1 aromatic carbocycles. The number of hydrogen-bond donors (Lipinski definition) is 3. The Morgan fingerprint density at radius 3 is 2.35 bits per heavy atom. The van der Waals surface area contributed by atoms with Crippen molar-refractivity contribution in [2.45, 2.75) is 31.0 Å². The molecule has 1 aliphatic heterocycles. The Bertz CT molecular complexity index is 611. The molecule has 1 aliphatic rings. The first-order valence-corrected chi connectivity index (χ1v) is 6.63. The Hall–Kier alpha value is -2.16. The zero-order valence-electron chi connectivity index (χ0n) is 11.9. The van der Waals surface area contributed by atoms with E-state index in [1.807, 2.05) is 0 Å². The van der Waals surface area contributed by atoms with Crippen molar-refractivity contribution in [3.05, 3.63) is 35.9 Å². The molecule has 1 heterocycles. The molecule has 3 atom stereocenters. The van der Waals surface area contributed by atoms with Crippen LogP contribution in [0.4, 0.5) is 22.4 Å². The van der Waals surface area contributed by atoms with Gasteiger partial charge in [0, 0.05) is 0 Å². The highest BCUT2D eigenvalue weighted by Crippen LogP contribution is 2.44. The molecule has 1 aromatic rings. The van der Waals surface area contributed by atoms with E-state index in [0.717, 1.165) is 6.92 Å². The van der Waals surface area contributed by atoms with Crippen molar-refractivity contribution in [2.75, 3.05) is 0 Å². The van der Waals surface area contributed by atoms with Gasteiger partial charge in [-0.05, 0) is 12.5 Å². The van der Waals surface area contributed by atoms with Gasteiger partial charge >= 0.3 is 18.4 Å². The van der Waals surface area contributed by atoms with Gasteiger partial charge in [-0.1, -0.05) is 30.3 Å². The van der Waals surface area contributed by atoms with Crippen molar-refractivity contribution in [2.24, 2.45) is 5.92 Å². The third-order valence-electron chi connectivity index (χ3n) is 3.75. The SMILES string of the molecule is CC(=O)C1C(c2ccccc2)NC(=O)NC1(O)C(F)(F)C(F)F. The fourth-order valence-corrected chi connectivity index (χ4v) is 2.67. The van der Waals surface area contributed by atoms with E-state index in [2.05, 4.69) is 5.32 Å². The largest absolute Gasteiger partial charge is 0.365 e. The van der Waals surface area contributed by atoms with Crippen LogP contribution < -0.4 is 10.6 Å². The van der Waals surface area contributed by atoms with E-state index in [-0.39, 0.29) is 5.56 Å². The highest BCUT2D eigenvalue weighted by Gasteiger charge is 2.68. The second-order valence-electron chi connectivity index (χ2n) is 5.27. The lowest BCUT2D eigenvalue weighted by molar-refractivity contribution is -0.272. The van der Waals surface area contributed by atoms with E-state index in [4.69, 9.17) is 0 Å². The number of carbonyl (C=O) groups is 2. The first-order chi connectivity index (χ1) is 10.6. The van der Waals surface area contributed by atoms with Gasteiger partial charge in [0.05, 0.1) is 12.0 Å². The predicted molar refractivity (Wildman–Crippen MR) is 70.9 cm³/mol. The van der Waals surface area contributed by atoms with E-state index < -0.39 is 41.8 Å². The topological polar surface area (TPSA) is 78.4 Å². The summed E-state index contributed by atoms with van der Waals surface area (Å²) in [5.41, 5.74) is -3.48. The van der Waals surface area contributed by atoms with Gasteiger partial charge in [-0.2, -0.15) is 8.78 Å². The molecule has 2 amide bonds. The molecule has 5 nitrogen and oxygen atoms in total. The highest BCUT2D eigenvalue weighted by atomic mass is 19.3. The number of carbonyl (C=O) groups excluding carboxylic acids is 2. The van der Waals surface area contributed by atoms with E-state index in [1.54, 1.807) is 6.07 Å². The van der Waals surface area contributed by atoms with Crippen LogP contribution in [0.15, 0.2) is 30.3 Å². The molecule has 23 heavy (non-hydrogen) atoms. The van der Waals surface area contributed by atoms with Crippen molar-refractivity contribution in [3.63, 3.8) is 0 Å². The zero-order chi connectivity index (χ0) is 17.4. The van der Waals surface area contributed by atoms with Crippen LogP contribution in [0.2, 0.25) is 0 Å². The monoisotopic (exact) mass is 334 g/mol. The minimum absolute atomic E-state index is 0.228. The summed E-state index contributed by atoms with van der Waals surface area (Å²) in [7, 11) is 0. The molecular weight excluding hydrogens is 320 g/mol. The van der Waals surface area contributed by atoms with Gasteiger partial charge in [-0.3, -0.25) is 4.79 Å². The normalized spacial score (nSPS) is 28.2. The van der Waals surface area contributed by atoms with Crippen LogP contribution in [-0.2, 0) is 4.79 Å². The number of ketones is 1. The van der Waals surface area contributed by atoms with Crippen LogP contribution in [-0.4, -0.2) is 35.0 Å². The van der Waals surface area contributed by atoms with Gasteiger partial charge in [0.2, 0.25) is 5.72 Å². The van der Waals surface area contributed by atoms with Crippen LogP contribution in [0, 0.1) is 5.92 Å². The Labute approximate surface area is 128 Å². The number of Topliss-reactive ketones (excluding diaryl/α,β-unsaturated/α-hetero) is 1. The molecule has 3 N–H and O–H groups in total. The fraction of sp³-hybridized carbons (Fsp3) is 0.429. The number of alkyl halides is 4. The van der Waals surface area contributed by atoms with Gasteiger partial charge in [-0.25, -0.2) is 13.6 Å².